The molecule has 0 radical (unpaired) electrons. The molecule has 116 valence electrons. The van der Waals surface area contributed by atoms with Crippen molar-refractivity contribution in [3.05, 3.63) is 0 Å². The Kier molecular flexibility index (Phi) is 10.1. The Morgan fingerprint density at radius 3 is 1.05 bits per heavy atom. The van der Waals surface area contributed by atoms with Crippen LogP contribution in [-0.4, -0.2) is 32.0 Å². The van der Waals surface area contributed by atoms with Crippen molar-refractivity contribution in [1.82, 2.24) is 5.78 Å². The minimum atomic E-state index is -2.68. The summed E-state index contributed by atoms with van der Waals surface area (Å²) in [4.78, 5) is 0. The van der Waals surface area contributed by atoms with Gasteiger partial charge in [0.05, 0.1) is 0 Å². The first kappa shape index (κ1) is 19.8. The summed E-state index contributed by atoms with van der Waals surface area (Å²) < 4.78 is 7.70. The van der Waals surface area contributed by atoms with Gasteiger partial charge in [0.15, 0.2) is 0 Å². The summed E-state index contributed by atoms with van der Waals surface area (Å²) in [5.41, 5.74) is 0. The van der Waals surface area contributed by atoms with Crippen LogP contribution in [0.25, 0.3) is 0 Å². The summed E-state index contributed by atoms with van der Waals surface area (Å²) in [7, 11) is 0. The Labute approximate surface area is 128 Å². The van der Waals surface area contributed by atoms with Gasteiger partial charge in [0.2, 0.25) is 0 Å². The van der Waals surface area contributed by atoms with E-state index in [2.05, 4.69) is 61.2 Å². The zero-order valence-electron chi connectivity index (χ0n) is 14.8. The van der Waals surface area contributed by atoms with E-state index >= 15 is 0 Å². The topological polar surface area (TPSA) is 6.48 Å². The fraction of sp³-hybridized carbons (Fsp3) is 1.00. The minimum absolute atomic E-state index is 0.919. The summed E-state index contributed by atoms with van der Waals surface area (Å²) >= 11 is -2.68. The molecule has 0 saturated carbocycles. The van der Waals surface area contributed by atoms with Crippen molar-refractivity contribution in [2.75, 3.05) is 26.2 Å². The van der Waals surface area contributed by atoms with Crippen LogP contribution in [0.5, 0.6) is 0 Å². The SMILES string of the molecule is CC[CH](C)[Hf]([CH](C)CC)([N](CC)CC)[N](CC)CC. The van der Waals surface area contributed by atoms with Gasteiger partial charge in [0.1, 0.15) is 0 Å². The quantitative estimate of drug-likeness (QED) is 0.440. The van der Waals surface area contributed by atoms with E-state index < -0.39 is 20.5 Å². The molecule has 2 unspecified atom stereocenters. The second kappa shape index (κ2) is 9.68. The van der Waals surface area contributed by atoms with Gasteiger partial charge >= 0.3 is 128 Å². The van der Waals surface area contributed by atoms with Crippen LogP contribution in [0.4, 0.5) is 0 Å². The number of hydrogen-bond donors (Lipinski definition) is 0. The molecule has 2 nitrogen and oxygen atoms in total. The van der Waals surface area contributed by atoms with Gasteiger partial charge in [-0.1, -0.05) is 0 Å². The third-order valence-electron chi connectivity index (χ3n) is 5.22. The monoisotopic (exact) mass is 438 g/mol. The van der Waals surface area contributed by atoms with Crippen molar-refractivity contribution < 1.29 is 20.5 Å². The molecule has 0 aliphatic rings. The van der Waals surface area contributed by atoms with E-state index in [9.17, 15) is 0 Å². The molecule has 0 amide bonds. The zero-order valence-corrected chi connectivity index (χ0v) is 18.4. The normalized spacial score (nSPS) is 16.1. The van der Waals surface area contributed by atoms with Crippen LogP contribution in [-0.2, 0) is 20.5 Å². The standard InChI is InChI=1S/2C4H10N.2C4H9.Hf/c2*1-3-5-4-2;2*1-3-4-2;/h2*3-4H2,1-2H3;2*3H,4H2,1-2H3;/q2*-1;;;+2. The average molecular weight is 437 g/mol. The third kappa shape index (κ3) is 3.91. The molecule has 0 aliphatic carbocycles. The molecule has 19 heavy (non-hydrogen) atoms. The van der Waals surface area contributed by atoms with E-state index in [-0.39, 0.29) is 0 Å². The van der Waals surface area contributed by atoms with Crippen LogP contribution in [0.15, 0.2) is 0 Å². The van der Waals surface area contributed by atoms with Gasteiger partial charge in [0, 0.05) is 0 Å². The zero-order chi connectivity index (χ0) is 15.1. The maximum atomic E-state index is 2.93. The molecule has 0 heterocycles. The summed E-state index contributed by atoms with van der Waals surface area (Å²) in [6.45, 7) is 24.3. The molecule has 0 aromatic carbocycles. The van der Waals surface area contributed by atoms with Crippen LogP contribution >= 0.6 is 0 Å². The Bertz CT molecular complexity index is 201. The Morgan fingerprint density at radius 1 is 0.632 bits per heavy atom. The van der Waals surface area contributed by atoms with Gasteiger partial charge in [0.25, 0.3) is 0 Å². The molecular formula is C16H38HfN2. The van der Waals surface area contributed by atoms with Gasteiger partial charge < -0.3 is 0 Å². The van der Waals surface area contributed by atoms with E-state index in [1.165, 1.54) is 39.0 Å². The fourth-order valence-electron chi connectivity index (χ4n) is 3.99. The molecule has 0 bridgehead atoms. The second-order valence-corrected chi connectivity index (χ2v) is 23.0. The van der Waals surface area contributed by atoms with Crippen molar-refractivity contribution in [3.63, 3.8) is 0 Å². The van der Waals surface area contributed by atoms with Gasteiger partial charge in [-0.2, -0.15) is 0 Å². The van der Waals surface area contributed by atoms with Gasteiger partial charge in [-0.05, 0) is 0 Å². The summed E-state index contributed by atoms with van der Waals surface area (Å²) in [6.07, 6.45) is 2.69. The average Bonchev–Trinajstić information content (AvgIpc) is 2.45. The molecule has 0 aliphatic heterocycles. The molecule has 0 aromatic heterocycles. The van der Waals surface area contributed by atoms with E-state index in [1.807, 2.05) is 0 Å². The van der Waals surface area contributed by atoms with Crippen molar-refractivity contribution in [3.8, 4) is 0 Å². The number of hydrogen-bond acceptors (Lipinski definition) is 2. The molecule has 0 fully saturated rings. The molecule has 0 spiro atoms. The number of nitrogens with zero attached hydrogens (tertiary/aromatic N) is 2. The van der Waals surface area contributed by atoms with Crippen LogP contribution in [0.2, 0.25) is 7.35 Å². The van der Waals surface area contributed by atoms with E-state index in [0.29, 0.717) is 0 Å². The van der Waals surface area contributed by atoms with Gasteiger partial charge in [-0.3, -0.25) is 0 Å². The van der Waals surface area contributed by atoms with Gasteiger partial charge in [-0.25, -0.2) is 0 Å². The van der Waals surface area contributed by atoms with Crippen molar-refractivity contribution in [2.45, 2.75) is 75.6 Å². The van der Waals surface area contributed by atoms with E-state index in [1.54, 1.807) is 0 Å². The van der Waals surface area contributed by atoms with Crippen molar-refractivity contribution in [1.29, 1.82) is 0 Å². The van der Waals surface area contributed by atoms with Gasteiger partial charge in [-0.15, -0.1) is 0 Å². The fourth-order valence-corrected chi connectivity index (χ4v) is 29.5. The first-order chi connectivity index (χ1) is 9.00. The van der Waals surface area contributed by atoms with Crippen LogP contribution in [0.1, 0.15) is 68.2 Å². The summed E-state index contributed by atoms with van der Waals surface area (Å²) in [5, 5.41) is 0. The summed E-state index contributed by atoms with van der Waals surface area (Å²) in [5.74, 6) is 0. The molecule has 0 rings (SSSR count). The molecule has 0 N–H and O–H groups in total. The molecule has 0 aromatic rings. The van der Waals surface area contributed by atoms with Crippen LogP contribution < -0.4 is 0 Å². The molecular weight excluding hydrogens is 399 g/mol. The molecule has 3 heteroatoms. The van der Waals surface area contributed by atoms with Crippen LogP contribution in [0.3, 0.4) is 0 Å². The predicted octanol–water partition coefficient (Wildman–Crippen LogP) is 5.09. The second-order valence-electron chi connectivity index (χ2n) is 5.75. The maximum absolute atomic E-state index is 2.93. The first-order valence-corrected chi connectivity index (χ1v) is 15.9. The molecule has 0 saturated heterocycles. The summed E-state index contributed by atoms with van der Waals surface area (Å²) in [6, 6.07) is 0. The van der Waals surface area contributed by atoms with E-state index in [4.69, 9.17) is 0 Å². The Morgan fingerprint density at radius 2 is 0.895 bits per heavy atom. The number of rotatable bonds is 10. The van der Waals surface area contributed by atoms with Crippen molar-refractivity contribution in [2.24, 2.45) is 0 Å². The van der Waals surface area contributed by atoms with E-state index in [0.717, 1.165) is 7.35 Å². The Hall–Kier alpha value is 0.790. The predicted molar refractivity (Wildman–Crippen MR) is 85.3 cm³/mol. The van der Waals surface area contributed by atoms with Crippen LogP contribution in [0, 0.1) is 0 Å². The van der Waals surface area contributed by atoms with Crippen molar-refractivity contribution >= 4 is 0 Å². The molecule has 2 atom stereocenters. The third-order valence-corrected chi connectivity index (χ3v) is 30.4. The first-order valence-electron chi connectivity index (χ1n) is 8.50. The Balaban J connectivity index is 5.82.